The molecule has 0 spiro atoms. The average Bonchev–Trinajstić information content (AvgIpc) is 2.88. The molecule has 1 atom stereocenters. The molecule has 1 aliphatic rings. The van der Waals surface area contributed by atoms with Gasteiger partial charge in [-0.05, 0) is 26.3 Å². The van der Waals surface area contributed by atoms with Gasteiger partial charge in [0.2, 0.25) is 0 Å². The van der Waals surface area contributed by atoms with Crippen molar-refractivity contribution in [1.82, 2.24) is 24.6 Å². The highest BCUT2D eigenvalue weighted by molar-refractivity contribution is 5.06. The SMILES string of the molecule is CCOCC1CCn2nccc2CN1Cc1cncc(C)n1. The van der Waals surface area contributed by atoms with E-state index >= 15 is 0 Å². The van der Waals surface area contributed by atoms with Crippen LogP contribution in [0.15, 0.2) is 24.7 Å². The lowest BCUT2D eigenvalue weighted by atomic mass is 10.2. The zero-order chi connectivity index (χ0) is 15.4. The molecule has 0 saturated heterocycles. The Hall–Kier alpha value is -1.79. The van der Waals surface area contributed by atoms with Crippen LogP contribution in [0.25, 0.3) is 0 Å². The van der Waals surface area contributed by atoms with Gasteiger partial charge in [0.25, 0.3) is 0 Å². The van der Waals surface area contributed by atoms with Crippen LogP contribution in [0.5, 0.6) is 0 Å². The van der Waals surface area contributed by atoms with Crippen molar-refractivity contribution in [3.05, 3.63) is 41.7 Å². The minimum Gasteiger partial charge on any atom is -0.380 e. The summed E-state index contributed by atoms with van der Waals surface area (Å²) in [5.74, 6) is 0. The molecule has 6 nitrogen and oxygen atoms in total. The molecule has 0 radical (unpaired) electrons. The van der Waals surface area contributed by atoms with Crippen molar-refractivity contribution in [3.63, 3.8) is 0 Å². The van der Waals surface area contributed by atoms with Crippen molar-refractivity contribution in [2.75, 3.05) is 13.2 Å². The number of hydrogen-bond acceptors (Lipinski definition) is 5. The van der Waals surface area contributed by atoms with Gasteiger partial charge in [0.05, 0.1) is 23.7 Å². The highest BCUT2D eigenvalue weighted by Crippen LogP contribution is 2.19. The number of fused-ring (bicyclic) bond motifs is 1. The molecule has 2 aromatic heterocycles. The van der Waals surface area contributed by atoms with Crippen LogP contribution in [-0.2, 0) is 24.4 Å². The monoisotopic (exact) mass is 301 g/mol. The molecular weight excluding hydrogens is 278 g/mol. The van der Waals surface area contributed by atoms with Crippen molar-refractivity contribution >= 4 is 0 Å². The second-order valence-corrected chi connectivity index (χ2v) is 5.70. The maximum absolute atomic E-state index is 5.69. The van der Waals surface area contributed by atoms with E-state index in [4.69, 9.17) is 4.74 Å². The van der Waals surface area contributed by atoms with Gasteiger partial charge in [-0.2, -0.15) is 5.10 Å². The standard InChI is InChI=1S/C16H23N5O/c1-3-22-12-16-5-7-21-15(4-6-18-21)11-20(16)10-14-9-17-8-13(2)19-14/h4,6,8-9,16H,3,5,7,10-12H2,1-2H3. The summed E-state index contributed by atoms with van der Waals surface area (Å²) in [6.45, 7) is 8.12. The summed E-state index contributed by atoms with van der Waals surface area (Å²) in [5, 5.41) is 4.41. The second-order valence-electron chi connectivity index (χ2n) is 5.70. The van der Waals surface area contributed by atoms with Crippen molar-refractivity contribution in [2.45, 2.75) is 45.9 Å². The lowest BCUT2D eigenvalue weighted by Crippen LogP contribution is -2.37. The lowest BCUT2D eigenvalue weighted by Gasteiger charge is -2.28. The highest BCUT2D eigenvalue weighted by Gasteiger charge is 2.24. The van der Waals surface area contributed by atoms with Crippen LogP contribution in [0.1, 0.15) is 30.4 Å². The molecule has 22 heavy (non-hydrogen) atoms. The van der Waals surface area contributed by atoms with E-state index in [9.17, 15) is 0 Å². The Balaban J connectivity index is 1.79. The third kappa shape index (κ3) is 3.51. The fraction of sp³-hybridized carbons (Fsp3) is 0.562. The van der Waals surface area contributed by atoms with Crippen LogP contribution in [0, 0.1) is 6.92 Å². The predicted octanol–water partition coefficient (Wildman–Crippen LogP) is 1.79. The van der Waals surface area contributed by atoms with Gasteiger partial charge in [0.15, 0.2) is 0 Å². The van der Waals surface area contributed by atoms with E-state index in [1.54, 1.807) is 6.20 Å². The number of hydrogen-bond donors (Lipinski definition) is 0. The molecule has 118 valence electrons. The minimum absolute atomic E-state index is 0.379. The molecule has 0 fully saturated rings. The summed E-state index contributed by atoms with van der Waals surface area (Å²) in [7, 11) is 0. The summed E-state index contributed by atoms with van der Waals surface area (Å²) in [5.41, 5.74) is 3.22. The van der Waals surface area contributed by atoms with E-state index in [2.05, 4.69) is 30.7 Å². The van der Waals surface area contributed by atoms with Gasteiger partial charge in [0.1, 0.15) is 0 Å². The molecule has 0 aromatic carbocycles. The average molecular weight is 301 g/mol. The number of rotatable bonds is 5. The summed E-state index contributed by atoms with van der Waals surface area (Å²) < 4.78 is 7.79. The van der Waals surface area contributed by atoms with Gasteiger partial charge in [-0.25, -0.2) is 0 Å². The Kier molecular flexibility index (Phi) is 4.80. The highest BCUT2D eigenvalue weighted by atomic mass is 16.5. The van der Waals surface area contributed by atoms with Crippen LogP contribution in [0.2, 0.25) is 0 Å². The predicted molar refractivity (Wildman–Crippen MR) is 83.1 cm³/mol. The second kappa shape index (κ2) is 6.98. The quantitative estimate of drug-likeness (QED) is 0.843. The van der Waals surface area contributed by atoms with Crippen LogP contribution in [0.3, 0.4) is 0 Å². The van der Waals surface area contributed by atoms with Gasteiger partial charge < -0.3 is 4.74 Å². The van der Waals surface area contributed by atoms with E-state index in [0.717, 1.165) is 50.7 Å². The molecule has 0 saturated carbocycles. The van der Waals surface area contributed by atoms with Gasteiger partial charge in [0, 0.05) is 50.9 Å². The maximum Gasteiger partial charge on any atom is 0.0730 e. The largest absolute Gasteiger partial charge is 0.380 e. The first kappa shape index (κ1) is 15.1. The topological polar surface area (TPSA) is 56.1 Å². The number of nitrogens with zero attached hydrogens (tertiary/aromatic N) is 5. The molecular formula is C16H23N5O. The first-order chi connectivity index (χ1) is 10.8. The van der Waals surface area contributed by atoms with Gasteiger partial charge in [-0.15, -0.1) is 0 Å². The van der Waals surface area contributed by atoms with Crippen molar-refractivity contribution in [1.29, 1.82) is 0 Å². The third-order valence-electron chi connectivity index (χ3n) is 4.04. The Morgan fingerprint density at radius 1 is 1.36 bits per heavy atom. The smallest absolute Gasteiger partial charge is 0.0730 e. The first-order valence-electron chi connectivity index (χ1n) is 7.86. The molecule has 6 heteroatoms. The normalized spacial score (nSPS) is 18.9. The Bertz CT molecular complexity index is 612. The zero-order valence-corrected chi connectivity index (χ0v) is 13.3. The number of aromatic nitrogens is 4. The van der Waals surface area contributed by atoms with E-state index in [0.29, 0.717) is 6.04 Å². The lowest BCUT2D eigenvalue weighted by molar-refractivity contribution is 0.0552. The van der Waals surface area contributed by atoms with Gasteiger partial charge in [-0.1, -0.05) is 0 Å². The summed E-state index contributed by atoms with van der Waals surface area (Å²) in [4.78, 5) is 11.3. The molecule has 2 aromatic rings. The molecule has 0 N–H and O–H groups in total. The van der Waals surface area contributed by atoms with Crippen LogP contribution in [0.4, 0.5) is 0 Å². The Morgan fingerprint density at radius 2 is 2.27 bits per heavy atom. The van der Waals surface area contributed by atoms with E-state index in [1.807, 2.05) is 26.2 Å². The number of ether oxygens (including phenoxy) is 1. The van der Waals surface area contributed by atoms with Crippen molar-refractivity contribution < 1.29 is 4.74 Å². The fourth-order valence-corrected chi connectivity index (χ4v) is 2.91. The molecule has 3 rings (SSSR count). The molecule has 3 heterocycles. The maximum atomic E-state index is 5.69. The zero-order valence-electron chi connectivity index (χ0n) is 13.3. The molecule has 0 amide bonds. The number of aryl methyl sites for hydroxylation is 2. The van der Waals surface area contributed by atoms with Gasteiger partial charge in [-0.3, -0.25) is 19.5 Å². The Morgan fingerprint density at radius 3 is 3.09 bits per heavy atom. The van der Waals surface area contributed by atoms with Crippen LogP contribution >= 0.6 is 0 Å². The molecule has 0 aliphatic carbocycles. The summed E-state index contributed by atoms with van der Waals surface area (Å²) in [6.07, 6.45) is 6.56. The van der Waals surface area contributed by atoms with E-state index < -0.39 is 0 Å². The van der Waals surface area contributed by atoms with Crippen LogP contribution < -0.4 is 0 Å². The molecule has 0 bridgehead atoms. The fourth-order valence-electron chi connectivity index (χ4n) is 2.91. The Labute approximate surface area is 131 Å². The summed E-state index contributed by atoms with van der Waals surface area (Å²) in [6, 6.07) is 2.47. The first-order valence-corrected chi connectivity index (χ1v) is 7.86. The van der Waals surface area contributed by atoms with Crippen molar-refractivity contribution in [3.8, 4) is 0 Å². The van der Waals surface area contributed by atoms with E-state index in [-0.39, 0.29) is 0 Å². The third-order valence-corrected chi connectivity index (χ3v) is 4.04. The molecule has 1 unspecified atom stereocenters. The van der Waals surface area contributed by atoms with Gasteiger partial charge >= 0.3 is 0 Å². The van der Waals surface area contributed by atoms with E-state index in [1.165, 1.54) is 5.69 Å². The van der Waals surface area contributed by atoms with Crippen LogP contribution in [-0.4, -0.2) is 43.9 Å². The summed E-state index contributed by atoms with van der Waals surface area (Å²) >= 11 is 0. The molecule has 1 aliphatic heterocycles. The minimum atomic E-state index is 0.379. The van der Waals surface area contributed by atoms with Crippen molar-refractivity contribution in [2.24, 2.45) is 0 Å².